The molecule has 10 aliphatic carbocycles. The fraction of sp³-hybridized carbons (Fsp3) is 0.678. The molecule has 102 heavy (non-hydrogen) atoms. The number of carboxylic acid groups (broad SMARTS) is 1. The number of anilines is 3. The maximum atomic E-state index is 13.5. The number of rotatable bonds is 11. The third-order valence-electron chi connectivity index (χ3n) is 31.6. The van der Waals surface area contributed by atoms with Crippen LogP contribution in [0.5, 0.6) is 0 Å². The van der Waals surface area contributed by atoms with Crippen LogP contribution in [0.4, 0.5) is 17.1 Å². The van der Waals surface area contributed by atoms with Gasteiger partial charge in [0, 0.05) is 32.8 Å². The van der Waals surface area contributed by atoms with Crippen LogP contribution < -0.4 is 16.0 Å². The van der Waals surface area contributed by atoms with Gasteiger partial charge in [0.2, 0.25) is 17.7 Å². The molecule has 560 valence electrons. The number of amides is 3. The van der Waals surface area contributed by atoms with Crippen molar-refractivity contribution in [1.29, 1.82) is 0 Å². The summed E-state index contributed by atoms with van der Waals surface area (Å²) in [4.78, 5) is 68.2. The van der Waals surface area contributed by atoms with Gasteiger partial charge in [-0.15, -0.1) is 0 Å². The number of fused-ring (bicyclic) bond motifs is 14. The van der Waals surface area contributed by atoms with E-state index in [-0.39, 0.29) is 79.4 Å². The minimum atomic E-state index is -1.05. The van der Waals surface area contributed by atoms with Gasteiger partial charge in [0.25, 0.3) is 5.24 Å². The zero-order valence-electron chi connectivity index (χ0n) is 64.4. The van der Waals surface area contributed by atoms with Gasteiger partial charge < -0.3 is 41.1 Å². The average molecular weight is 1420 g/mol. The third-order valence-corrected chi connectivity index (χ3v) is 31.8. The third kappa shape index (κ3) is 13.5. The van der Waals surface area contributed by atoms with Crippen molar-refractivity contribution in [2.24, 2.45) is 113 Å². The van der Waals surface area contributed by atoms with Crippen LogP contribution in [0.1, 0.15) is 263 Å². The summed E-state index contributed by atoms with van der Waals surface area (Å²) >= 11 is 5.30. The van der Waals surface area contributed by atoms with E-state index in [1.807, 2.05) is 12.1 Å². The van der Waals surface area contributed by atoms with Crippen molar-refractivity contribution in [2.75, 3.05) is 29.2 Å². The monoisotopic (exact) mass is 1420 g/mol. The standard InChI is InChI=1S/C39H57NO4.C30H50O2.C9H8ClNO2.C9H9NO3/c1-24(2)26-15-20-39(23-44-34(43)27-11-9-10-12-29(27)40-25(3)41)22-21-37(7)28(33(26)39)13-14-31-36(6)18-17-32(42)35(4,5)30(36)16-19-38(31,37)8;1-19(2)20-10-15-30(18-31)17-16-28(6)21(25(20)30)8-9-23-27(5)13-12-24(32)26(3,4)22(27)11-14-29(23,28)7;1-6(12)11-8-5-3-2-4-7(8)9(10)13;1-6(11)10-8-5-3-2-4-7(8)9(12)13/h9-12,26,28,30-33,42H,1,13-23H2,2-8H3,(H,40,41);20-25,31-32H,1,8-18H2,2-7H3;2-5H,1H3,(H,11,12);2-5H,1H3,(H,10,11)(H,12,13)/t26-,28?,30?,31?,32-,33?,36-,37+,38+,39+;20-,21?,22?,23?,24-,25?,27-,28+,29+,30+;;/m00../s1. The van der Waals surface area contributed by atoms with Crippen LogP contribution in [0.15, 0.2) is 97.1 Å². The first-order chi connectivity index (χ1) is 47.7. The fourth-order valence-electron chi connectivity index (χ4n) is 26.2. The molecule has 13 rings (SSSR count). The normalized spacial score (nSPS) is 39.0. The van der Waals surface area contributed by atoms with Crippen LogP contribution in [0.3, 0.4) is 0 Å². The summed E-state index contributed by atoms with van der Waals surface area (Å²) in [5.74, 6) is 3.95. The SMILES string of the molecule is C=C(C)[C@@H]1CC[C@]2(CO)CC[C@]3(C)C(CCC4[C@@]5(C)CC[C@H](O)C(C)(C)C5CC[C@]43C)C12.C=C(C)[C@@H]1CC[C@]2(COC(=O)c3ccccc3NC(C)=O)CC[C@]3(C)C(CCC4[C@@]5(C)CC[C@H](O)C(C)(C)C5CC[C@]43C)C12.CC(=O)Nc1ccccc1C(=O)Cl.CC(=O)Nc1ccccc1C(=O)O. The zero-order chi connectivity index (χ0) is 74.9. The van der Waals surface area contributed by atoms with Crippen LogP contribution in [0.2, 0.25) is 0 Å². The Morgan fingerprint density at radius 3 is 1.23 bits per heavy atom. The largest absolute Gasteiger partial charge is 0.478 e. The topological polar surface area (TPSA) is 229 Å². The summed E-state index contributed by atoms with van der Waals surface area (Å²) in [6.07, 6.45) is 23.5. The van der Waals surface area contributed by atoms with Gasteiger partial charge in [-0.2, -0.15) is 0 Å². The molecule has 0 radical (unpaired) electrons. The summed E-state index contributed by atoms with van der Waals surface area (Å²) in [5.41, 5.74) is 6.65. The highest BCUT2D eigenvalue weighted by Gasteiger charge is 2.73. The summed E-state index contributed by atoms with van der Waals surface area (Å²) < 4.78 is 6.24. The van der Waals surface area contributed by atoms with Crippen molar-refractivity contribution in [1.82, 2.24) is 0 Å². The number of para-hydroxylation sites is 3. The molecule has 0 aliphatic heterocycles. The number of aromatic carboxylic acids is 1. The maximum absolute atomic E-state index is 13.5. The second-order valence-electron chi connectivity index (χ2n) is 36.8. The first kappa shape index (κ1) is 78.9. The molecular formula is C87H124ClN3O11. The first-order valence-electron chi connectivity index (χ1n) is 38.7. The van der Waals surface area contributed by atoms with Crippen LogP contribution in [-0.4, -0.2) is 80.8 Å². The highest BCUT2D eigenvalue weighted by molar-refractivity contribution is 6.68. The van der Waals surface area contributed by atoms with Gasteiger partial charge in [0.15, 0.2) is 0 Å². The van der Waals surface area contributed by atoms with E-state index >= 15 is 0 Å². The highest BCUT2D eigenvalue weighted by atomic mass is 35.5. The molecular weight excluding hydrogens is 1300 g/mol. The van der Waals surface area contributed by atoms with E-state index in [0.29, 0.717) is 105 Å². The molecule has 20 atom stereocenters. The van der Waals surface area contributed by atoms with Crippen molar-refractivity contribution < 1.29 is 53.9 Å². The van der Waals surface area contributed by atoms with E-state index in [0.717, 1.165) is 50.4 Å². The van der Waals surface area contributed by atoms with Gasteiger partial charge in [-0.25, -0.2) is 9.59 Å². The number of carbonyl (C=O) groups excluding carboxylic acids is 5. The molecule has 10 aliphatic rings. The maximum Gasteiger partial charge on any atom is 0.340 e. The van der Waals surface area contributed by atoms with E-state index in [9.17, 15) is 44.1 Å². The molecule has 0 heterocycles. The molecule has 0 spiro atoms. The Morgan fingerprint density at radius 2 is 0.824 bits per heavy atom. The Balaban J connectivity index is 0.000000167. The quantitative estimate of drug-likeness (QED) is 0.0543. The molecule has 0 bridgehead atoms. The van der Waals surface area contributed by atoms with Crippen LogP contribution >= 0.6 is 11.6 Å². The predicted molar refractivity (Wildman–Crippen MR) is 407 cm³/mol. The molecule has 7 N–H and O–H groups in total. The van der Waals surface area contributed by atoms with E-state index in [2.05, 4.69) is 112 Å². The molecule has 0 aromatic heterocycles. The van der Waals surface area contributed by atoms with Crippen LogP contribution in [-0.2, 0) is 19.1 Å². The highest BCUT2D eigenvalue weighted by Crippen LogP contribution is 2.80. The van der Waals surface area contributed by atoms with E-state index in [4.69, 9.17) is 21.4 Å². The van der Waals surface area contributed by atoms with E-state index in [1.54, 1.807) is 54.6 Å². The van der Waals surface area contributed by atoms with E-state index < -0.39 is 11.2 Å². The first-order valence-corrected chi connectivity index (χ1v) is 39.1. The number of hydrogen-bond acceptors (Lipinski definition) is 10. The molecule has 0 saturated heterocycles. The smallest absolute Gasteiger partial charge is 0.340 e. The molecule has 14 nitrogen and oxygen atoms in total. The predicted octanol–water partition coefficient (Wildman–Crippen LogP) is 19.2. The number of ether oxygens (including phenoxy) is 1. The Morgan fingerprint density at radius 1 is 0.451 bits per heavy atom. The number of allylic oxidation sites excluding steroid dienone is 2. The summed E-state index contributed by atoms with van der Waals surface area (Å²) in [7, 11) is 0. The average Bonchev–Trinajstić information content (AvgIpc) is 1.01. The number of halogens is 1. The molecule has 3 aromatic rings. The van der Waals surface area contributed by atoms with Gasteiger partial charge in [0.1, 0.15) is 0 Å². The van der Waals surface area contributed by atoms with Crippen molar-refractivity contribution >= 4 is 63.6 Å². The van der Waals surface area contributed by atoms with Gasteiger partial charge in [-0.3, -0.25) is 19.2 Å². The molecule has 3 aromatic carbocycles. The Hall–Kier alpha value is -5.67. The Bertz CT molecular complexity index is 3630. The number of carboxylic acids is 1. The van der Waals surface area contributed by atoms with Gasteiger partial charge in [-0.1, -0.05) is 130 Å². The second kappa shape index (κ2) is 29.2. The molecule has 3 amide bonds. The Labute approximate surface area is 615 Å². The van der Waals surface area contributed by atoms with E-state index in [1.165, 1.54) is 128 Å². The minimum Gasteiger partial charge on any atom is -0.478 e. The molecule has 10 fully saturated rings. The second-order valence-corrected chi connectivity index (χ2v) is 37.2. The van der Waals surface area contributed by atoms with Crippen molar-refractivity contribution in [3.05, 3.63) is 114 Å². The fourth-order valence-corrected chi connectivity index (χ4v) is 26.4. The number of hydrogen-bond donors (Lipinski definition) is 7. The van der Waals surface area contributed by atoms with Gasteiger partial charge in [0.05, 0.1) is 52.6 Å². The number of nitrogens with one attached hydrogen (secondary N) is 3. The number of aliphatic hydroxyl groups excluding tert-OH is 3. The van der Waals surface area contributed by atoms with Crippen molar-refractivity contribution in [2.45, 2.75) is 244 Å². The molecule has 15 heteroatoms. The van der Waals surface area contributed by atoms with Gasteiger partial charge >= 0.3 is 11.9 Å². The Kier molecular flexibility index (Phi) is 22.6. The summed E-state index contributed by atoms with van der Waals surface area (Å²) in [6.45, 7) is 43.6. The lowest BCUT2D eigenvalue weighted by atomic mass is 9.32. The zero-order valence-corrected chi connectivity index (χ0v) is 65.1. The summed E-state index contributed by atoms with van der Waals surface area (Å²) in [6, 6.07) is 20.0. The number of aliphatic hydroxyl groups is 3. The lowest BCUT2D eigenvalue weighted by molar-refractivity contribution is -0.249. The number of carbonyl (C=O) groups is 6. The van der Waals surface area contributed by atoms with Crippen LogP contribution in [0.25, 0.3) is 0 Å². The number of benzene rings is 3. The minimum absolute atomic E-state index is 0.0290. The van der Waals surface area contributed by atoms with Gasteiger partial charge in [-0.05, 0) is 298 Å². The lowest BCUT2D eigenvalue weighted by Crippen LogP contribution is -2.66. The van der Waals surface area contributed by atoms with Crippen molar-refractivity contribution in [3.63, 3.8) is 0 Å². The van der Waals surface area contributed by atoms with Crippen molar-refractivity contribution in [3.8, 4) is 0 Å². The van der Waals surface area contributed by atoms with Crippen LogP contribution in [0, 0.1) is 113 Å². The molecule has 8 unspecified atom stereocenters. The number of esters is 1. The summed E-state index contributed by atoms with van der Waals surface area (Å²) in [5, 5.41) is 48.5. The molecule has 10 saturated carbocycles. The lowest BCUT2D eigenvalue weighted by Gasteiger charge is -2.73.